The fourth-order valence-corrected chi connectivity index (χ4v) is 3.96. The van der Waals surface area contributed by atoms with E-state index in [9.17, 15) is 13.2 Å². The molecular formula is C13H15F4S+. The first kappa shape index (κ1) is 15.0. The zero-order valence-electron chi connectivity index (χ0n) is 9.96. The Morgan fingerprint density at radius 1 is 1.17 bits per heavy atom. The second-order valence-corrected chi connectivity index (χ2v) is 6.04. The molecule has 1 aromatic heterocycles. The number of rotatable bonds is 3. The molecule has 0 saturated carbocycles. The first-order valence-corrected chi connectivity index (χ1v) is 6.87. The van der Waals surface area contributed by atoms with Crippen molar-refractivity contribution < 1.29 is 17.9 Å². The molecule has 0 aliphatic carbocycles. The van der Waals surface area contributed by atoms with E-state index >= 15 is 0 Å². The van der Waals surface area contributed by atoms with Gasteiger partial charge in [-0.05, 0) is 18.6 Å². The van der Waals surface area contributed by atoms with Crippen LogP contribution in [0.1, 0.15) is 24.6 Å². The minimum Gasteiger partial charge on any atom is -0.269 e. The molecule has 0 nitrogen and oxygen atoms in total. The average Bonchev–Trinajstić information content (AvgIpc) is 2.63. The second-order valence-electron chi connectivity index (χ2n) is 4.00. The summed E-state index contributed by atoms with van der Waals surface area (Å²) in [6.07, 6.45) is 2.29. The summed E-state index contributed by atoms with van der Waals surface area (Å²) >= 11 is 0. The monoisotopic (exact) mass is 279 g/mol. The van der Waals surface area contributed by atoms with Crippen molar-refractivity contribution in [2.45, 2.75) is 31.7 Å². The normalized spacial score (nSPS) is 12.6. The zero-order valence-corrected chi connectivity index (χ0v) is 10.8. The van der Waals surface area contributed by atoms with Crippen molar-refractivity contribution in [2.75, 3.05) is 0 Å². The quantitative estimate of drug-likeness (QED) is 0.509. The standard InChI is InChI=1S/C13H14F3S.FH/c1-2-3-7-11-9-10-6-4-5-8-12(10)17(11)13(14,15)16;/h4-6,8-9H,2-3,7H2,1H3;1H/q+1;. The molecule has 0 amide bonds. The number of aryl methyl sites for hydroxylation is 1. The highest BCUT2D eigenvalue weighted by Crippen LogP contribution is 2.51. The van der Waals surface area contributed by atoms with Gasteiger partial charge < -0.3 is 0 Å². The lowest BCUT2D eigenvalue weighted by molar-refractivity contribution is -0.0867. The number of hydrogen-bond donors (Lipinski definition) is 0. The Kier molecular flexibility index (Phi) is 4.73. The number of benzene rings is 1. The fourth-order valence-electron chi connectivity index (χ4n) is 1.96. The van der Waals surface area contributed by atoms with E-state index in [-0.39, 0.29) is 4.70 Å². The lowest BCUT2D eigenvalue weighted by atomic mass is 10.2. The second kappa shape index (κ2) is 5.69. The van der Waals surface area contributed by atoms with Crippen LogP contribution in [0.2, 0.25) is 0 Å². The van der Waals surface area contributed by atoms with Crippen LogP contribution in [0.3, 0.4) is 0 Å². The van der Waals surface area contributed by atoms with E-state index in [0.717, 1.165) is 18.2 Å². The lowest BCUT2D eigenvalue weighted by Gasteiger charge is -1.99. The Balaban J connectivity index is 0.00000162. The van der Waals surface area contributed by atoms with Crippen molar-refractivity contribution >= 4 is 20.6 Å². The molecule has 0 fully saturated rings. The van der Waals surface area contributed by atoms with Crippen LogP contribution in [0.5, 0.6) is 0 Å². The smallest absolute Gasteiger partial charge is 0.269 e. The molecule has 2 aromatic rings. The predicted molar refractivity (Wildman–Crippen MR) is 68.8 cm³/mol. The maximum Gasteiger partial charge on any atom is 0.600 e. The largest absolute Gasteiger partial charge is 0.600 e. The minimum atomic E-state index is -4.15. The Bertz CT molecular complexity index is 513. The highest BCUT2D eigenvalue weighted by molar-refractivity contribution is 7.38. The van der Waals surface area contributed by atoms with Gasteiger partial charge in [-0.15, -0.1) is 13.2 Å². The molecule has 100 valence electrons. The molecule has 1 aromatic carbocycles. The Morgan fingerprint density at radius 3 is 2.44 bits per heavy atom. The summed E-state index contributed by atoms with van der Waals surface area (Å²) in [5.41, 5.74) is -4.15. The van der Waals surface area contributed by atoms with Crippen molar-refractivity contribution in [3.05, 3.63) is 35.2 Å². The third-order valence-electron chi connectivity index (χ3n) is 2.73. The van der Waals surface area contributed by atoms with E-state index in [2.05, 4.69) is 0 Å². The van der Waals surface area contributed by atoms with Crippen molar-refractivity contribution in [1.82, 2.24) is 0 Å². The molecule has 18 heavy (non-hydrogen) atoms. The van der Waals surface area contributed by atoms with Gasteiger partial charge in [0.05, 0.1) is 10.5 Å². The van der Waals surface area contributed by atoms with Crippen LogP contribution >= 0.6 is 10.5 Å². The lowest BCUT2D eigenvalue weighted by Crippen LogP contribution is -1.98. The molecule has 1 atom stereocenters. The Hall–Kier alpha value is -1.10. The van der Waals surface area contributed by atoms with E-state index in [4.69, 9.17) is 0 Å². The van der Waals surface area contributed by atoms with E-state index in [1.54, 1.807) is 30.3 Å². The van der Waals surface area contributed by atoms with Gasteiger partial charge in [0.15, 0.2) is 9.58 Å². The van der Waals surface area contributed by atoms with Gasteiger partial charge >= 0.3 is 5.51 Å². The minimum absolute atomic E-state index is 0. The molecule has 0 saturated heterocycles. The molecule has 1 unspecified atom stereocenters. The molecule has 2 rings (SSSR count). The van der Waals surface area contributed by atoms with E-state index in [1.165, 1.54) is 0 Å². The van der Waals surface area contributed by atoms with Gasteiger partial charge in [0.25, 0.3) is 0 Å². The van der Waals surface area contributed by atoms with Crippen molar-refractivity contribution in [2.24, 2.45) is 0 Å². The number of hydrogen-bond acceptors (Lipinski definition) is 0. The number of alkyl halides is 3. The summed E-state index contributed by atoms with van der Waals surface area (Å²) in [4.78, 5) is 0.542. The maximum atomic E-state index is 13.1. The summed E-state index contributed by atoms with van der Waals surface area (Å²) < 4.78 is 39.7. The molecule has 0 radical (unpaired) electrons. The summed E-state index contributed by atoms with van der Waals surface area (Å²) in [5, 5.41) is 0.735. The van der Waals surface area contributed by atoms with Gasteiger partial charge in [0.1, 0.15) is 0 Å². The Morgan fingerprint density at radius 2 is 1.83 bits per heavy atom. The van der Waals surface area contributed by atoms with Crippen molar-refractivity contribution in [3.63, 3.8) is 0 Å². The van der Waals surface area contributed by atoms with Gasteiger partial charge in [-0.2, -0.15) is 0 Å². The topological polar surface area (TPSA) is 0 Å². The molecule has 1 heterocycles. The van der Waals surface area contributed by atoms with E-state index < -0.39 is 16.0 Å². The van der Waals surface area contributed by atoms with Gasteiger partial charge in [0, 0.05) is 17.9 Å². The summed E-state index contributed by atoms with van der Waals surface area (Å²) in [6.45, 7) is 1.99. The first-order chi connectivity index (χ1) is 8.04. The van der Waals surface area contributed by atoms with Crippen LogP contribution in [0.4, 0.5) is 17.9 Å². The van der Waals surface area contributed by atoms with E-state index in [0.29, 0.717) is 16.0 Å². The highest BCUT2D eigenvalue weighted by Gasteiger charge is 2.47. The number of fused-ring (bicyclic) bond motifs is 1. The SMILES string of the molecule is CCCCc1cc2ccccc2[s+]1C(F)(F)F.F. The predicted octanol–water partition coefficient (Wildman–Crippen LogP) is 5.56. The van der Waals surface area contributed by atoms with Crippen LogP contribution in [0.15, 0.2) is 30.3 Å². The molecule has 0 aliphatic rings. The molecule has 0 bridgehead atoms. The molecule has 5 heteroatoms. The van der Waals surface area contributed by atoms with Crippen LogP contribution in [0, 0.1) is 0 Å². The highest BCUT2D eigenvalue weighted by atomic mass is 32.2. The van der Waals surface area contributed by atoms with Crippen LogP contribution in [-0.2, 0) is 11.9 Å². The Labute approximate surface area is 106 Å². The van der Waals surface area contributed by atoms with Crippen LogP contribution < -0.4 is 0 Å². The van der Waals surface area contributed by atoms with Crippen molar-refractivity contribution in [1.29, 1.82) is 0 Å². The van der Waals surface area contributed by atoms with Crippen LogP contribution in [-0.4, -0.2) is 0 Å². The van der Waals surface area contributed by atoms with Crippen molar-refractivity contribution in [3.8, 4) is 0 Å². The molecular weight excluding hydrogens is 264 g/mol. The number of unbranched alkanes of at least 4 members (excludes halogenated alkanes) is 1. The number of thiophene rings is 1. The first-order valence-electron chi connectivity index (χ1n) is 5.64. The van der Waals surface area contributed by atoms with Gasteiger partial charge in [-0.3, -0.25) is 4.70 Å². The van der Waals surface area contributed by atoms with Gasteiger partial charge in [0.2, 0.25) is 0 Å². The maximum absolute atomic E-state index is 13.1. The fraction of sp³-hybridized carbons (Fsp3) is 0.385. The van der Waals surface area contributed by atoms with E-state index in [1.807, 2.05) is 6.92 Å². The van der Waals surface area contributed by atoms with Crippen LogP contribution in [0.25, 0.3) is 10.1 Å². The third-order valence-corrected chi connectivity index (χ3v) is 4.85. The summed E-state index contributed by atoms with van der Waals surface area (Å²) in [6, 6.07) is 8.56. The average molecular weight is 279 g/mol. The molecule has 0 N–H and O–H groups in total. The zero-order chi connectivity index (χ0) is 12.5. The molecule has 0 spiro atoms. The van der Waals surface area contributed by atoms with Gasteiger partial charge in [-0.1, -0.05) is 25.5 Å². The summed E-state index contributed by atoms with van der Waals surface area (Å²) in [7, 11) is -1.70. The summed E-state index contributed by atoms with van der Waals surface area (Å²) in [5.74, 6) is 0. The molecule has 0 aliphatic heterocycles. The van der Waals surface area contributed by atoms with Gasteiger partial charge in [-0.25, -0.2) is 0 Å². The number of halogens is 4. The third kappa shape index (κ3) is 2.83.